The lowest BCUT2D eigenvalue weighted by Gasteiger charge is -2.21. The van der Waals surface area contributed by atoms with Crippen molar-refractivity contribution < 1.29 is 4.79 Å². The number of thiophene rings is 1. The van der Waals surface area contributed by atoms with Crippen LogP contribution in [0, 0.1) is 0 Å². The number of hydrogen-bond acceptors (Lipinski definition) is 4. The van der Waals surface area contributed by atoms with Crippen LogP contribution in [-0.4, -0.2) is 15.9 Å². The molecule has 0 fully saturated rings. The minimum atomic E-state index is -0.355. The largest absolute Gasteiger partial charge is 0.342 e. The van der Waals surface area contributed by atoms with E-state index in [0.717, 1.165) is 26.6 Å². The van der Waals surface area contributed by atoms with Crippen molar-refractivity contribution in [2.75, 3.05) is 0 Å². The predicted molar refractivity (Wildman–Crippen MR) is 89.5 cm³/mol. The summed E-state index contributed by atoms with van der Waals surface area (Å²) in [5, 5.41) is 3.27. The van der Waals surface area contributed by atoms with E-state index >= 15 is 0 Å². The third kappa shape index (κ3) is 2.32. The summed E-state index contributed by atoms with van der Waals surface area (Å²) in [6, 6.07) is 1.84. The van der Waals surface area contributed by atoms with E-state index in [1.807, 2.05) is 19.9 Å². The van der Waals surface area contributed by atoms with Gasteiger partial charge in [-0.15, -0.1) is 11.3 Å². The molecule has 2 aromatic rings. The normalized spacial score (nSPS) is 16.5. The number of fused-ring (bicyclic) bond motifs is 1. The summed E-state index contributed by atoms with van der Waals surface area (Å²) >= 11 is 7.56. The maximum absolute atomic E-state index is 12.5. The minimum Gasteiger partial charge on any atom is -0.342 e. The molecule has 2 aromatic heterocycles. The molecule has 3 rings (SSSR count). The molecule has 0 aliphatic carbocycles. The summed E-state index contributed by atoms with van der Waals surface area (Å²) in [5.41, 5.74) is 2.08. The first-order chi connectivity index (χ1) is 10.1. The fourth-order valence-corrected chi connectivity index (χ4v) is 4.53. The molecule has 1 N–H and O–H groups in total. The van der Waals surface area contributed by atoms with Gasteiger partial charge in [0.1, 0.15) is 0 Å². The van der Waals surface area contributed by atoms with Gasteiger partial charge in [0.15, 0.2) is 0 Å². The van der Waals surface area contributed by atoms with Crippen LogP contribution < -0.4 is 5.32 Å². The van der Waals surface area contributed by atoms with Crippen molar-refractivity contribution in [1.82, 2.24) is 15.3 Å². The molecule has 6 heteroatoms. The van der Waals surface area contributed by atoms with Crippen molar-refractivity contribution in [3.8, 4) is 10.6 Å². The summed E-state index contributed by atoms with van der Waals surface area (Å²) in [6.45, 7) is 10.4. The van der Waals surface area contributed by atoms with Crippen molar-refractivity contribution in [3.63, 3.8) is 0 Å². The minimum absolute atomic E-state index is 0.00687. The number of rotatable bonds is 1. The first-order valence-corrected chi connectivity index (χ1v) is 8.30. The van der Waals surface area contributed by atoms with Crippen LogP contribution in [0.25, 0.3) is 10.6 Å². The molecule has 0 bridgehead atoms. The van der Waals surface area contributed by atoms with Gasteiger partial charge in [-0.1, -0.05) is 20.8 Å². The third-order valence-electron chi connectivity index (χ3n) is 3.74. The number of nitrogens with zero attached hydrogens (tertiary/aromatic N) is 2. The van der Waals surface area contributed by atoms with Crippen LogP contribution in [0.3, 0.4) is 0 Å². The molecule has 1 aliphatic heterocycles. The molecule has 4 nitrogen and oxygen atoms in total. The Morgan fingerprint density at radius 3 is 2.59 bits per heavy atom. The highest BCUT2D eigenvalue weighted by molar-refractivity contribution is 7.16. The van der Waals surface area contributed by atoms with Crippen molar-refractivity contribution in [2.45, 2.75) is 45.6 Å². The lowest BCUT2D eigenvalue weighted by atomic mass is 9.83. The summed E-state index contributed by atoms with van der Waals surface area (Å²) < 4.78 is 0. The Hall–Kier alpha value is -1.46. The van der Waals surface area contributed by atoms with Gasteiger partial charge in [0.2, 0.25) is 5.28 Å². The summed E-state index contributed by atoms with van der Waals surface area (Å²) in [4.78, 5) is 22.8. The quantitative estimate of drug-likeness (QED) is 0.797. The monoisotopic (exact) mass is 335 g/mol. The zero-order chi connectivity index (χ0) is 16.3. The Morgan fingerprint density at radius 1 is 1.32 bits per heavy atom. The highest BCUT2D eigenvalue weighted by atomic mass is 35.5. The molecule has 0 spiro atoms. The second-order valence-electron chi connectivity index (χ2n) is 7.05. The average Bonchev–Trinajstić information content (AvgIpc) is 2.87. The molecule has 0 radical (unpaired) electrons. The van der Waals surface area contributed by atoms with Gasteiger partial charge in [-0.2, -0.15) is 0 Å². The van der Waals surface area contributed by atoms with Gasteiger partial charge in [0.05, 0.1) is 21.7 Å². The van der Waals surface area contributed by atoms with Gasteiger partial charge in [-0.05, 0) is 42.5 Å². The van der Waals surface area contributed by atoms with E-state index < -0.39 is 0 Å². The number of amides is 1. The molecule has 3 heterocycles. The van der Waals surface area contributed by atoms with Crippen molar-refractivity contribution in [3.05, 3.63) is 33.6 Å². The van der Waals surface area contributed by atoms with Crippen LogP contribution >= 0.6 is 22.9 Å². The third-order valence-corrected chi connectivity index (χ3v) is 5.46. The summed E-state index contributed by atoms with van der Waals surface area (Å²) in [5.74, 6) is -0.00687. The van der Waals surface area contributed by atoms with Crippen LogP contribution in [0.5, 0.6) is 0 Å². The van der Waals surface area contributed by atoms with Crippen LogP contribution in [0.15, 0.2) is 12.3 Å². The predicted octanol–water partition coefficient (Wildman–Crippen LogP) is 4.13. The molecular weight excluding hydrogens is 318 g/mol. The Bertz CT molecular complexity index is 774. The van der Waals surface area contributed by atoms with E-state index in [-0.39, 0.29) is 22.1 Å². The highest BCUT2D eigenvalue weighted by Crippen LogP contribution is 2.48. The van der Waals surface area contributed by atoms with Gasteiger partial charge in [0.25, 0.3) is 5.91 Å². The Morgan fingerprint density at radius 2 is 2.00 bits per heavy atom. The summed E-state index contributed by atoms with van der Waals surface area (Å²) in [6.07, 6.45) is 1.65. The highest BCUT2D eigenvalue weighted by Gasteiger charge is 2.43. The van der Waals surface area contributed by atoms with Gasteiger partial charge in [-0.3, -0.25) is 4.79 Å². The molecule has 1 aliphatic rings. The average molecular weight is 336 g/mol. The standard InChI is InChI=1S/C16H18ClN3OS/c1-15(2,3)10-9-12(16(4,5)20-13(9)21)22-11(10)8-6-7-18-14(17)19-8/h6-7H,1-5H3,(H,20,21). The number of aromatic nitrogens is 2. The molecular formula is C16H18ClN3OS. The number of nitrogens with one attached hydrogen (secondary N) is 1. The molecule has 0 saturated carbocycles. The molecule has 116 valence electrons. The zero-order valence-electron chi connectivity index (χ0n) is 13.2. The van der Waals surface area contributed by atoms with Gasteiger partial charge in [0, 0.05) is 11.1 Å². The molecule has 1 amide bonds. The molecule has 0 unspecified atom stereocenters. The molecule has 0 atom stereocenters. The maximum Gasteiger partial charge on any atom is 0.253 e. The van der Waals surface area contributed by atoms with Gasteiger partial charge >= 0.3 is 0 Å². The van der Waals surface area contributed by atoms with Crippen LogP contribution in [0.1, 0.15) is 55.4 Å². The Balaban J connectivity index is 2.33. The number of carbonyl (C=O) groups is 1. The van der Waals surface area contributed by atoms with E-state index in [9.17, 15) is 4.79 Å². The van der Waals surface area contributed by atoms with Gasteiger partial charge in [-0.25, -0.2) is 9.97 Å². The van der Waals surface area contributed by atoms with Crippen LogP contribution in [0.4, 0.5) is 0 Å². The number of carbonyl (C=O) groups excluding carboxylic acids is 1. The van der Waals surface area contributed by atoms with E-state index in [0.29, 0.717) is 0 Å². The van der Waals surface area contributed by atoms with E-state index in [1.54, 1.807) is 17.5 Å². The van der Waals surface area contributed by atoms with E-state index in [4.69, 9.17) is 11.6 Å². The topological polar surface area (TPSA) is 54.9 Å². The Kier molecular flexibility index (Phi) is 3.34. The first kappa shape index (κ1) is 15.4. The van der Waals surface area contributed by atoms with Crippen LogP contribution in [-0.2, 0) is 11.0 Å². The van der Waals surface area contributed by atoms with Gasteiger partial charge < -0.3 is 5.32 Å². The number of halogens is 1. The fourth-order valence-electron chi connectivity index (χ4n) is 2.85. The molecule has 22 heavy (non-hydrogen) atoms. The van der Waals surface area contributed by atoms with Crippen molar-refractivity contribution >= 4 is 28.8 Å². The van der Waals surface area contributed by atoms with E-state index in [1.165, 1.54) is 0 Å². The molecule has 0 saturated heterocycles. The lowest BCUT2D eigenvalue weighted by Crippen LogP contribution is -2.33. The van der Waals surface area contributed by atoms with Crippen LogP contribution in [0.2, 0.25) is 5.28 Å². The molecule has 0 aromatic carbocycles. The van der Waals surface area contributed by atoms with Crippen molar-refractivity contribution in [2.24, 2.45) is 0 Å². The lowest BCUT2D eigenvalue weighted by molar-refractivity contribution is 0.0938. The summed E-state index contributed by atoms with van der Waals surface area (Å²) in [7, 11) is 0. The SMILES string of the molecule is CC(C)(C)c1c(-c2ccnc(Cl)n2)sc2c1C(=O)NC2(C)C. The fraction of sp³-hybridized carbons (Fsp3) is 0.438. The van der Waals surface area contributed by atoms with E-state index in [2.05, 4.69) is 36.1 Å². The second kappa shape index (κ2) is 4.77. The van der Waals surface area contributed by atoms with Crippen molar-refractivity contribution in [1.29, 1.82) is 0 Å². The zero-order valence-corrected chi connectivity index (χ0v) is 14.8. The Labute approximate surface area is 138 Å². The maximum atomic E-state index is 12.5. The number of hydrogen-bond donors (Lipinski definition) is 1. The first-order valence-electron chi connectivity index (χ1n) is 7.10. The smallest absolute Gasteiger partial charge is 0.253 e. The second-order valence-corrected chi connectivity index (χ2v) is 8.41.